The van der Waals surface area contributed by atoms with Crippen LogP contribution in [-0.2, 0) is 10.0 Å². The Morgan fingerprint density at radius 3 is 2.58 bits per heavy atom. The smallest absolute Gasteiger partial charge is 0.229 e. The molecule has 1 unspecified atom stereocenters. The zero-order chi connectivity index (χ0) is 14.5. The van der Waals surface area contributed by atoms with Crippen LogP contribution in [0.25, 0.3) is 0 Å². The molecule has 1 rings (SSSR count). The standard InChI is InChI=1S/C13H21ClN2O2S/c1-4-5-10(2)9-15-11-6-7-13(12(14)8-11)16-19(3,17)18/h6-8,10,15-16H,4-5,9H2,1-3H3. The van der Waals surface area contributed by atoms with E-state index in [0.29, 0.717) is 16.6 Å². The highest BCUT2D eigenvalue weighted by Crippen LogP contribution is 2.26. The van der Waals surface area contributed by atoms with Crippen molar-refractivity contribution in [2.75, 3.05) is 22.8 Å². The lowest BCUT2D eigenvalue weighted by Gasteiger charge is -2.14. The Balaban J connectivity index is 2.66. The number of anilines is 2. The molecule has 0 bridgehead atoms. The van der Waals surface area contributed by atoms with Crippen molar-refractivity contribution >= 4 is 33.0 Å². The molecule has 6 heteroatoms. The van der Waals surface area contributed by atoms with Gasteiger partial charge in [-0.15, -0.1) is 0 Å². The van der Waals surface area contributed by atoms with E-state index in [1.807, 2.05) is 6.07 Å². The molecule has 0 saturated heterocycles. The van der Waals surface area contributed by atoms with Gasteiger partial charge in [-0.3, -0.25) is 4.72 Å². The van der Waals surface area contributed by atoms with E-state index in [0.717, 1.165) is 18.5 Å². The average molecular weight is 305 g/mol. The molecule has 1 aromatic carbocycles. The van der Waals surface area contributed by atoms with Crippen LogP contribution in [0.15, 0.2) is 18.2 Å². The minimum absolute atomic E-state index is 0.388. The topological polar surface area (TPSA) is 58.2 Å². The maximum Gasteiger partial charge on any atom is 0.229 e. The van der Waals surface area contributed by atoms with Crippen LogP contribution in [0.5, 0.6) is 0 Å². The molecule has 0 radical (unpaired) electrons. The Morgan fingerprint density at radius 1 is 1.37 bits per heavy atom. The number of nitrogens with one attached hydrogen (secondary N) is 2. The number of sulfonamides is 1. The van der Waals surface area contributed by atoms with E-state index in [4.69, 9.17) is 11.6 Å². The Labute approximate surface area is 120 Å². The summed E-state index contributed by atoms with van der Waals surface area (Å²) in [7, 11) is -3.30. The highest BCUT2D eigenvalue weighted by Gasteiger charge is 2.07. The van der Waals surface area contributed by atoms with Gasteiger partial charge in [0.15, 0.2) is 0 Å². The van der Waals surface area contributed by atoms with Crippen molar-refractivity contribution in [2.45, 2.75) is 26.7 Å². The fourth-order valence-corrected chi connectivity index (χ4v) is 2.66. The maximum atomic E-state index is 11.1. The molecule has 4 nitrogen and oxygen atoms in total. The predicted molar refractivity (Wildman–Crippen MR) is 82.5 cm³/mol. The van der Waals surface area contributed by atoms with Gasteiger partial charge in [0.1, 0.15) is 0 Å². The SMILES string of the molecule is CCCC(C)CNc1ccc(NS(C)(=O)=O)c(Cl)c1. The van der Waals surface area contributed by atoms with Crippen molar-refractivity contribution in [3.8, 4) is 0 Å². The Kier molecular flexibility index (Phi) is 5.94. The van der Waals surface area contributed by atoms with Gasteiger partial charge in [-0.05, 0) is 30.5 Å². The van der Waals surface area contributed by atoms with Gasteiger partial charge in [0.25, 0.3) is 0 Å². The molecule has 2 N–H and O–H groups in total. The van der Waals surface area contributed by atoms with Gasteiger partial charge in [0.2, 0.25) is 10.0 Å². The molecule has 0 fully saturated rings. The minimum atomic E-state index is -3.30. The Bertz CT molecular complexity index is 517. The molecule has 0 aliphatic heterocycles. The summed E-state index contributed by atoms with van der Waals surface area (Å²) < 4.78 is 24.7. The lowest BCUT2D eigenvalue weighted by molar-refractivity contribution is 0.551. The molecule has 1 atom stereocenters. The second-order valence-electron chi connectivity index (χ2n) is 4.84. The second kappa shape index (κ2) is 7.01. The third-order valence-electron chi connectivity index (χ3n) is 2.70. The van der Waals surface area contributed by atoms with E-state index in [1.165, 1.54) is 12.8 Å². The third kappa shape index (κ3) is 6.16. The molecular formula is C13H21ClN2O2S. The number of hydrogen-bond acceptors (Lipinski definition) is 3. The maximum absolute atomic E-state index is 11.1. The van der Waals surface area contributed by atoms with Crippen molar-refractivity contribution in [1.29, 1.82) is 0 Å². The molecule has 0 saturated carbocycles. The minimum Gasteiger partial charge on any atom is -0.385 e. The molecule has 108 valence electrons. The fraction of sp³-hybridized carbons (Fsp3) is 0.538. The first-order chi connectivity index (χ1) is 8.81. The molecule has 0 heterocycles. The van der Waals surface area contributed by atoms with E-state index in [9.17, 15) is 8.42 Å². The molecule has 0 amide bonds. The first-order valence-electron chi connectivity index (χ1n) is 6.33. The lowest BCUT2D eigenvalue weighted by atomic mass is 10.1. The first kappa shape index (κ1) is 16.1. The molecule has 0 aromatic heterocycles. The number of halogens is 1. The quantitative estimate of drug-likeness (QED) is 0.810. The van der Waals surface area contributed by atoms with E-state index < -0.39 is 10.0 Å². The number of rotatable bonds is 7. The molecule has 0 aliphatic carbocycles. The largest absolute Gasteiger partial charge is 0.385 e. The summed E-state index contributed by atoms with van der Waals surface area (Å²) in [6.07, 6.45) is 3.44. The summed E-state index contributed by atoms with van der Waals surface area (Å²) in [5, 5.41) is 3.69. The van der Waals surface area contributed by atoms with Crippen molar-refractivity contribution in [2.24, 2.45) is 5.92 Å². The average Bonchev–Trinajstić information content (AvgIpc) is 2.28. The van der Waals surface area contributed by atoms with E-state index in [2.05, 4.69) is 23.9 Å². The van der Waals surface area contributed by atoms with Gasteiger partial charge in [0.05, 0.1) is 17.0 Å². The Hall–Kier alpha value is -0.940. The van der Waals surface area contributed by atoms with E-state index >= 15 is 0 Å². The van der Waals surface area contributed by atoms with Crippen molar-refractivity contribution in [3.05, 3.63) is 23.2 Å². The summed E-state index contributed by atoms with van der Waals surface area (Å²) in [5.41, 5.74) is 1.29. The van der Waals surface area contributed by atoms with Crippen molar-refractivity contribution in [3.63, 3.8) is 0 Å². The number of benzene rings is 1. The van der Waals surface area contributed by atoms with Crippen LogP contribution in [0, 0.1) is 5.92 Å². The van der Waals surface area contributed by atoms with Crippen LogP contribution in [0.1, 0.15) is 26.7 Å². The summed E-state index contributed by atoms with van der Waals surface area (Å²) in [6, 6.07) is 5.21. The van der Waals surface area contributed by atoms with Gasteiger partial charge in [-0.2, -0.15) is 0 Å². The van der Waals surface area contributed by atoms with Crippen molar-refractivity contribution in [1.82, 2.24) is 0 Å². The van der Waals surface area contributed by atoms with Gasteiger partial charge in [0, 0.05) is 12.2 Å². The highest BCUT2D eigenvalue weighted by atomic mass is 35.5. The normalized spacial score (nSPS) is 13.1. The van der Waals surface area contributed by atoms with Gasteiger partial charge >= 0.3 is 0 Å². The zero-order valence-corrected chi connectivity index (χ0v) is 13.1. The highest BCUT2D eigenvalue weighted by molar-refractivity contribution is 7.92. The summed E-state index contributed by atoms with van der Waals surface area (Å²) in [5.74, 6) is 0.595. The van der Waals surface area contributed by atoms with Crippen LogP contribution in [0.4, 0.5) is 11.4 Å². The molecule has 0 aliphatic rings. The van der Waals surface area contributed by atoms with Gasteiger partial charge in [-0.1, -0.05) is 31.9 Å². The number of hydrogen-bond donors (Lipinski definition) is 2. The van der Waals surface area contributed by atoms with Crippen molar-refractivity contribution < 1.29 is 8.42 Å². The predicted octanol–water partition coefficient (Wildman–Crippen LogP) is 3.56. The zero-order valence-electron chi connectivity index (χ0n) is 11.5. The fourth-order valence-electron chi connectivity index (χ4n) is 1.79. The summed E-state index contributed by atoms with van der Waals surface area (Å²) in [4.78, 5) is 0. The molecule has 19 heavy (non-hydrogen) atoms. The second-order valence-corrected chi connectivity index (χ2v) is 7.00. The summed E-state index contributed by atoms with van der Waals surface area (Å²) in [6.45, 7) is 5.24. The molecule has 1 aromatic rings. The lowest BCUT2D eigenvalue weighted by Crippen LogP contribution is -2.12. The van der Waals surface area contributed by atoms with Crippen LogP contribution >= 0.6 is 11.6 Å². The first-order valence-corrected chi connectivity index (χ1v) is 8.60. The van der Waals surface area contributed by atoms with E-state index in [-0.39, 0.29) is 0 Å². The molecule has 0 spiro atoms. The monoisotopic (exact) mass is 304 g/mol. The van der Waals surface area contributed by atoms with Crippen LogP contribution in [0.2, 0.25) is 5.02 Å². The van der Waals surface area contributed by atoms with Crippen LogP contribution in [-0.4, -0.2) is 21.2 Å². The van der Waals surface area contributed by atoms with E-state index in [1.54, 1.807) is 12.1 Å². The third-order valence-corrected chi connectivity index (χ3v) is 3.60. The van der Waals surface area contributed by atoms with Gasteiger partial charge in [-0.25, -0.2) is 8.42 Å². The molecular weight excluding hydrogens is 284 g/mol. The summed E-state index contributed by atoms with van der Waals surface area (Å²) >= 11 is 6.04. The Morgan fingerprint density at radius 2 is 2.05 bits per heavy atom. The van der Waals surface area contributed by atoms with Gasteiger partial charge < -0.3 is 5.32 Å². The van der Waals surface area contributed by atoms with Crippen LogP contribution < -0.4 is 10.0 Å². The van der Waals surface area contributed by atoms with Crippen LogP contribution in [0.3, 0.4) is 0 Å².